The standard InChI is InChI=1S/C13H23NO/c1-4-12(15)13-11-7-5-6-10(11)8-14(13)9(2)3/h9-11,13H,4-8H2,1-3H3/t10-,11-,13-/m0/s1. The van der Waals surface area contributed by atoms with E-state index in [1.807, 2.05) is 6.92 Å². The predicted molar refractivity (Wildman–Crippen MR) is 61.8 cm³/mol. The summed E-state index contributed by atoms with van der Waals surface area (Å²) in [5.74, 6) is 1.96. The highest BCUT2D eigenvalue weighted by molar-refractivity contribution is 5.84. The Morgan fingerprint density at radius 2 is 2.13 bits per heavy atom. The van der Waals surface area contributed by atoms with E-state index < -0.39 is 0 Å². The third-order valence-corrected chi connectivity index (χ3v) is 4.27. The second-order valence-corrected chi connectivity index (χ2v) is 5.41. The SMILES string of the molecule is CCC(=O)[C@@H]1[C@H]2CCC[C@H]2CN1C(C)C. The largest absolute Gasteiger partial charge is 0.298 e. The van der Waals surface area contributed by atoms with E-state index in [9.17, 15) is 4.79 Å². The molecule has 0 amide bonds. The van der Waals surface area contributed by atoms with Gasteiger partial charge in [-0.3, -0.25) is 9.69 Å². The summed E-state index contributed by atoms with van der Waals surface area (Å²) in [5.41, 5.74) is 0. The fourth-order valence-electron chi connectivity index (χ4n) is 3.50. The van der Waals surface area contributed by atoms with Crippen LogP contribution in [0, 0.1) is 11.8 Å². The van der Waals surface area contributed by atoms with E-state index in [1.165, 1.54) is 25.8 Å². The second-order valence-electron chi connectivity index (χ2n) is 5.41. The van der Waals surface area contributed by atoms with E-state index in [1.54, 1.807) is 0 Å². The molecule has 1 aliphatic carbocycles. The number of ketones is 1. The monoisotopic (exact) mass is 209 g/mol. The Balaban J connectivity index is 2.17. The van der Waals surface area contributed by atoms with Crippen molar-refractivity contribution >= 4 is 5.78 Å². The zero-order valence-electron chi connectivity index (χ0n) is 10.2. The summed E-state index contributed by atoms with van der Waals surface area (Å²) in [4.78, 5) is 14.5. The summed E-state index contributed by atoms with van der Waals surface area (Å²) in [5, 5.41) is 0. The summed E-state index contributed by atoms with van der Waals surface area (Å²) in [6.07, 6.45) is 4.68. The van der Waals surface area contributed by atoms with Gasteiger partial charge in [0.05, 0.1) is 6.04 Å². The van der Waals surface area contributed by atoms with Gasteiger partial charge in [-0.05, 0) is 38.5 Å². The number of hydrogen-bond donors (Lipinski definition) is 0. The van der Waals surface area contributed by atoms with Crippen molar-refractivity contribution in [1.82, 2.24) is 4.90 Å². The topological polar surface area (TPSA) is 20.3 Å². The molecule has 0 radical (unpaired) electrons. The highest BCUT2D eigenvalue weighted by atomic mass is 16.1. The lowest BCUT2D eigenvalue weighted by Crippen LogP contribution is -2.43. The maximum atomic E-state index is 12.0. The number of nitrogens with zero attached hydrogens (tertiary/aromatic N) is 1. The third-order valence-electron chi connectivity index (χ3n) is 4.27. The lowest BCUT2D eigenvalue weighted by atomic mass is 9.90. The van der Waals surface area contributed by atoms with Crippen LogP contribution in [0.1, 0.15) is 46.5 Å². The van der Waals surface area contributed by atoms with Gasteiger partial charge in [-0.25, -0.2) is 0 Å². The van der Waals surface area contributed by atoms with Crippen LogP contribution in [0.25, 0.3) is 0 Å². The zero-order valence-corrected chi connectivity index (χ0v) is 10.2. The molecular weight excluding hydrogens is 186 g/mol. The molecule has 3 atom stereocenters. The maximum absolute atomic E-state index is 12.0. The first kappa shape index (κ1) is 11.1. The molecule has 2 nitrogen and oxygen atoms in total. The van der Waals surface area contributed by atoms with Gasteiger partial charge in [-0.2, -0.15) is 0 Å². The smallest absolute Gasteiger partial charge is 0.149 e. The average molecular weight is 209 g/mol. The number of rotatable bonds is 3. The quantitative estimate of drug-likeness (QED) is 0.711. The van der Waals surface area contributed by atoms with Crippen molar-refractivity contribution in [3.63, 3.8) is 0 Å². The molecular formula is C13H23NO. The molecule has 1 aliphatic heterocycles. The fraction of sp³-hybridized carbons (Fsp3) is 0.923. The fourth-order valence-corrected chi connectivity index (χ4v) is 3.50. The number of fused-ring (bicyclic) bond motifs is 1. The average Bonchev–Trinajstić information content (AvgIpc) is 2.74. The first-order chi connectivity index (χ1) is 7.15. The molecule has 0 aromatic rings. The van der Waals surface area contributed by atoms with Gasteiger partial charge < -0.3 is 0 Å². The molecule has 1 saturated carbocycles. The van der Waals surface area contributed by atoms with Crippen molar-refractivity contribution in [2.75, 3.05) is 6.54 Å². The zero-order chi connectivity index (χ0) is 11.0. The molecule has 15 heavy (non-hydrogen) atoms. The van der Waals surface area contributed by atoms with Gasteiger partial charge in [0, 0.05) is 19.0 Å². The van der Waals surface area contributed by atoms with Crippen LogP contribution in [-0.4, -0.2) is 29.3 Å². The molecule has 1 saturated heterocycles. The molecule has 0 bridgehead atoms. The summed E-state index contributed by atoms with van der Waals surface area (Å²) >= 11 is 0. The first-order valence-corrected chi connectivity index (χ1v) is 6.43. The van der Waals surface area contributed by atoms with Crippen LogP contribution in [0.2, 0.25) is 0 Å². The molecule has 1 heterocycles. The van der Waals surface area contributed by atoms with E-state index >= 15 is 0 Å². The molecule has 2 rings (SSSR count). The Bertz CT molecular complexity index is 249. The molecule has 0 spiro atoms. The lowest BCUT2D eigenvalue weighted by molar-refractivity contribution is -0.124. The van der Waals surface area contributed by atoms with Crippen LogP contribution in [0.5, 0.6) is 0 Å². The predicted octanol–water partition coefficient (Wildman–Crippen LogP) is 2.47. The molecule has 2 fully saturated rings. The van der Waals surface area contributed by atoms with E-state index in [0.29, 0.717) is 24.2 Å². The van der Waals surface area contributed by atoms with Gasteiger partial charge in [-0.1, -0.05) is 13.3 Å². The van der Waals surface area contributed by atoms with Gasteiger partial charge in [0.15, 0.2) is 0 Å². The Labute approximate surface area is 93.0 Å². The maximum Gasteiger partial charge on any atom is 0.149 e. The van der Waals surface area contributed by atoms with E-state index in [0.717, 1.165) is 5.92 Å². The first-order valence-electron chi connectivity index (χ1n) is 6.43. The van der Waals surface area contributed by atoms with Crippen LogP contribution in [0.4, 0.5) is 0 Å². The van der Waals surface area contributed by atoms with E-state index in [2.05, 4.69) is 18.7 Å². The van der Waals surface area contributed by atoms with Crippen molar-refractivity contribution in [3.05, 3.63) is 0 Å². The van der Waals surface area contributed by atoms with Gasteiger partial charge in [0.25, 0.3) is 0 Å². The van der Waals surface area contributed by atoms with Crippen LogP contribution in [-0.2, 0) is 4.79 Å². The number of likely N-dealkylation sites (tertiary alicyclic amines) is 1. The number of Topliss-reactive ketones (excluding diaryl/α,β-unsaturated/α-hetero) is 1. The summed E-state index contributed by atoms with van der Waals surface area (Å²) < 4.78 is 0. The van der Waals surface area contributed by atoms with Crippen molar-refractivity contribution in [2.24, 2.45) is 11.8 Å². The van der Waals surface area contributed by atoms with Crippen molar-refractivity contribution in [1.29, 1.82) is 0 Å². The Hall–Kier alpha value is -0.370. The minimum Gasteiger partial charge on any atom is -0.298 e. The van der Waals surface area contributed by atoms with E-state index in [-0.39, 0.29) is 6.04 Å². The summed E-state index contributed by atoms with van der Waals surface area (Å²) in [7, 11) is 0. The normalized spacial score (nSPS) is 36.1. The van der Waals surface area contributed by atoms with Gasteiger partial charge in [-0.15, -0.1) is 0 Å². The Morgan fingerprint density at radius 3 is 2.73 bits per heavy atom. The molecule has 0 aromatic heterocycles. The number of hydrogen-bond acceptors (Lipinski definition) is 2. The Morgan fingerprint density at radius 1 is 1.40 bits per heavy atom. The minimum atomic E-state index is 0.252. The number of carbonyl (C=O) groups excluding carboxylic acids is 1. The molecule has 2 heteroatoms. The summed E-state index contributed by atoms with van der Waals surface area (Å²) in [6, 6.07) is 0.776. The van der Waals surface area contributed by atoms with Crippen molar-refractivity contribution in [3.8, 4) is 0 Å². The second kappa shape index (κ2) is 4.25. The lowest BCUT2D eigenvalue weighted by Gasteiger charge is -2.29. The molecule has 0 N–H and O–H groups in total. The molecule has 2 aliphatic rings. The van der Waals surface area contributed by atoms with Crippen molar-refractivity contribution < 1.29 is 4.79 Å². The van der Waals surface area contributed by atoms with Gasteiger partial charge in [0.2, 0.25) is 0 Å². The van der Waals surface area contributed by atoms with Crippen LogP contribution in [0.15, 0.2) is 0 Å². The highest BCUT2D eigenvalue weighted by Crippen LogP contribution is 2.43. The molecule has 0 aromatic carbocycles. The van der Waals surface area contributed by atoms with Crippen LogP contribution >= 0.6 is 0 Å². The molecule has 86 valence electrons. The van der Waals surface area contributed by atoms with Crippen molar-refractivity contribution in [2.45, 2.75) is 58.5 Å². The summed E-state index contributed by atoms with van der Waals surface area (Å²) in [6.45, 7) is 7.61. The molecule has 0 unspecified atom stereocenters. The minimum absolute atomic E-state index is 0.252. The third kappa shape index (κ3) is 1.84. The van der Waals surface area contributed by atoms with Crippen LogP contribution < -0.4 is 0 Å². The van der Waals surface area contributed by atoms with Crippen LogP contribution in [0.3, 0.4) is 0 Å². The Kier molecular flexibility index (Phi) is 3.15. The van der Waals surface area contributed by atoms with Gasteiger partial charge >= 0.3 is 0 Å². The highest BCUT2D eigenvalue weighted by Gasteiger charge is 2.47. The van der Waals surface area contributed by atoms with Gasteiger partial charge in [0.1, 0.15) is 5.78 Å². The number of carbonyl (C=O) groups is 1. The van der Waals surface area contributed by atoms with E-state index in [4.69, 9.17) is 0 Å².